The summed E-state index contributed by atoms with van der Waals surface area (Å²) in [4.78, 5) is 1.39. The van der Waals surface area contributed by atoms with Gasteiger partial charge in [0, 0.05) is 30.5 Å². The lowest BCUT2D eigenvalue weighted by atomic mass is 10.0. The standard InChI is InChI=1S/C14H6Br2S/c15-10-6-7-2-1-3-8-11(7)12(13(10)16)9-4-5-17-14(8)9/h1-6H. The summed E-state index contributed by atoms with van der Waals surface area (Å²) < 4.78 is 2.28. The third-order valence-corrected chi connectivity index (χ3v) is 6.17. The van der Waals surface area contributed by atoms with Crippen molar-refractivity contribution in [2.75, 3.05) is 0 Å². The Morgan fingerprint density at radius 3 is 2.76 bits per heavy atom. The Labute approximate surface area is 120 Å². The number of hydrogen-bond donors (Lipinski definition) is 0. The molecule has 0 atom stereocenters. The minimum Gasteiger partial charge on any atom is -0.143 e. The molecule has 1 aliphatic carbocycles. The van der Waals surface area contributed by atoms with E-state index in [-0.39, 0.29) is 0 Å². The minimum absolute atomic E-state index is 1.12. The highest BCUT2D eigenvalue weighted by Crippen LogP contribution is 2.53. The Balaban J connectivity index is 2.35. The molecule has 1 heterocycles. The molecule has 0 saturated carbocycles. The van der Waals surface area contributed by atoms with Crippen LogP contribution < -0.4 is 0 Å². The smallest absolute Gasteiger partial charge is 0.0428 e. The summed E-state index contributed by atoms with van der Waals surface area (Å²) in [5.74, 6) is 0. The van der Waals surface area contributed by atoms with Crippen molar-refractivity contribution in [2.24, 2.45) is 0 Å². The summed E-state index contributed by atoms with van der Waals surface area (Å²) in [6.45, 7) is 0. The summed E-state index contributed by atoms with van der Waals surface area (Å²) in [6.07, 6.45) is 0. The molecule has 1 aromatic heterocycles. The van der Waals surface area contributed by atoms with Gasteiger partial charge in [-0.3, -0.25) is 0 Å². The van der Waals surface area contributed by atoms with Crippen LogP contribution in [0.2, 0.25) is 0 Å². The van der Waals surface area contributed by atoms with E-state index in [4.69, 9.17) is 0 Å². The van der Waals surface area contributed by atoms with Gasteiger partial charge >= 0.3 is 0 Å². The van der Waals surface area contributed by atoms with Crippen LogP contribution in [0, 0.1) is 0 Å². The summed E-state index contributed by atoms with van der Waals surface area (Å²) in [7, 11) is 0. The Morgan fingerprint density at radius 2 is 1.88 bits per heavy atom. The van der Waals surface area contributed by atoms with Crippen molar-refractivity contribution >= 4 is 54.0 Å². The van der Waals surface area contributed by atoms with Crippen LogP contribution in [0.4, 0.5) is 0 Å². The van der Waals surface area contributed by atoms with Crippen LogP contribution in [0.15, 0.2) is 44.7 Å². The van der Waals surface area contributed by atoms with Crippen LogP contribution in [-0.2, 0) is 0 Å². The molecule has 2 aromatic carbocycles. The Morgan fingerprint density at radius 1 is 1.00 bits per heavy atom. The highest BCUT2D eigenvalue weighted by atomic mass is 79.9. The van der Waals surface area contributed by atoms with E-state index in [1.54, 1.807) is 0 Å². The zero-order valence-electron chi connectivity index (χ0n) is 8.63. The van der Waals surface area contributed by atoms with Gasteiger partial charge in [0.25, 0.3) is 0 Å². The fourth-order valence-corrected chi connectivity index (χ4v) is 4.46. The summed E-state index contributed by atoms with van der Waals surface area (Å²) in [5.41, 5.74) is 4.06. The first kappa shape index (κ1) is 10.3. The molecule has 4 rings (SSSR count). The van der Waals surface area contributed by atoms with E-state index in [1.807, 2.05) is 11.3 Å². The summed E-state index contributed by atoms with van der Waals surface area (Å²) in [5, 5.41) is 4.85. The Bertz CT molecular complexity index is 771. The molecule has 3 heteroatoms. The molecular weight excluding hydrogens is 360 g/mol. The molecule has 0 fully saturated rings. The van der Waals surface area contributed by atoms with Crippen molar-refractivity contribution in [3.05, 3.63) is 44.7 Å². The van der Waals surface area contributed by atoms with Gasteiger partial charge in [-0.1, -0.05) is 18.2 Å². The van der Waals surface area contributed by atoms with Gasteiger partial charge in [-0.15, -0.1) is 11.3 Å². The molecule has 0 radical (unpaired) electrons. The van der Waals surface area contributed by atoms with Crippen LogP contribution in [-0.4, -0.2) is 0 Å². The highest BCUT2D eigenvalue weighted by molar-refractivity contribution is 9.13. The molecule has 1 aliphatic rings. The van der Waals surface area contributed by atoms with Crippen molar-refractivity contribution in [3.8, 4) is 21.6 Å². The van der Waals surface area contributed by atoms with Crippen LogP contribution in [0.5, 0.6) is 0 Å². The zero-order valence-corrected chi connectivity index (χ0v) is 12.6. The van der Waals surface area contributed by atoms with E-state index in [0.29, 0.717) is 0 Å². The highest BCUT2D eigenvalue weighted by Gasteiger charge is 2.25. The lowest BCUT2D eigenvalue weighted by molar-refractivity contribution is 1.66. The molecule has 0 nitrogen and oxygen atoms in total. The predicted octanol–water partition coefficient (Wildman–Crippen LogP) is 6.07. The zero-order chi connectivity index (χ0) is 11.6. The first-order chi connectivity index (χ1) is 8.27. The lowest BCUT2D eigenvalue weighted by Gasteiger charge is -2.06. The second-order valence-electron chi connectivity index (χ2n) is 4.11. The molecule has 0 N–H and O–H groups in total. The Kier molecular flexibility index (Phi) is 2.08. The Hall–Kier alpha value is -0.640. The predicted molar refractivity (Wildman–Crippen MR) is 81.7 cm³/mol. The maximum atomic E-state index is 3.71. The number of thiophene rings is 1. The molecule has 82 valence electrons. The molecular formula is C14H6Br2S. The second-order valence-corrected chi connectivity index (χ2v) is 6.68. The van der Waals surface area contributed by atoms with Crippen molar-refractivity contribution in [1.29, 1.82) is 0 Å². The maximum absolute atomic E-state index is 3.71. The van der Waals surface area contributed by atoms with Crippen molar-refractivity contribution in [1.82, 2.24) is 0 Å². The quantitative estimate of drug-likeness (QED) is 0.354. The van der Waals surface area contributed by atoms with E-state index in [1.165, 1.54) is 32.3 Å². The molecule has 3 aromatic rings. The van der Waals surface area contributed by atoms with Gasteiger partial charge in [-0.2, -0.15) is 0 Å². The topological polar surface area (TPSA) is 0 Å². The summed E-state index contributed by atoms with van der Waals surface area (Å²) in [6, 6.07) is 10.9. The summed E-state index contributed by atoms with van der Waals surface area (Å²) >= 11 is 9.16. The van der Waals surface area contributed by atoms with Crippen molar-refractivity contribution in [3.63, 3.8) is 0 Å². The first-order valence-electron chi connectivity index (χ1n) is 5.26. The van der Waals surface area contributed by atoms with Gasteiger partial charge in [-0.05, 0) is 60.1 Å². The average Bonchev–Trinajstić information content (AvgIpc) is 2.88. The number of hydrogen-bond acceptors (Lipinski definition) is 1. The van der Waals surface area contributed by atoms with Crippen LogP contribution in [0.3, 0.4) is 0 Å². The largest absolute Gasteiger partial charge is 0.143 e. The number of fused-ring (bicyclic) bond motifs is 3. The van der Waals surface area contributed by atoms with Gasteiger partial charge in [0.2, 0.25) is 0 Å². The third-order valence-electron chi connectivity index (χ3n) is 3.24. The van der Waals surface area contributed by atoms with E-state index < -0.39 is 0 Å². The van der Waals surface area contributed by atoms with E-state index in [2.05, 4.69) is 67.6 Å². The lowest BCUT2D eigenvalue weighted by Crippen LogP contribution is -1.80. The van der Waals surface area contributed by atoms with Gasteiger partial charge in [0.1, 0.15) is 0 Å². The molecule has 0 bridgehead atoms. The maximum Gasteiger partial charge on any atom is 0.0428 e. The monoisotopic (exact) mass is 364 g/mol. The third kappa shape index (κ3) is 1.22. The SMILES string of the molecule is Brc1cc2cccc3c2c(c1Br)-c1ccsc1-3. The normalized spacial score (nSPS) is 12.1. The minimum atomic E-state index is 1.12. The van der Waals surface area contributed by atoms with Gasteiger partial charge < -0.3 is 0 Å². The van der Waals surface area contributed by atoms with E-state index >= 15 is 0 Å². The van der Waals surface area contributed by atoms with Gasteiger partial charge in [-0.25, -0.2) is 0 Å². The van der Waals surface area contributed by atoms with E-state index in [9.17, 15) is 0 Å². The molecule has 0 amide bonds. The fraction of sp³-hybridized carbons (Fsp3) is 0. The second kappa shape index (κ2) is 3.44. The average molecular weight is 366 g/mol. The fourth-order valence-electron chi connectivity index (χ4n) is 2.56. The molecule has 0 saturated heterocycles. The van der Waals surface area contributed by atoms with Crippen LogP contribution in [0.1, 0.15) is 0 Å². The van der Waals surface area contributed by atoms with Crippen LogP contribution >= 0.6 is 43.2 Å². The van der Waals surface area contributed by atoms with Gasteiger partial charge in [0.15, 0.2) is 0 Å². The van der Waals surface area contributed by atoms with Crippen LogP contribution in [0.25, 0.3) is 32.3 Å². The van der Waals surface area contributed by atoms with Crippen molar-refractivity contribution in [2.45, 2.75) is 0 Å². The molecule has 0 unspecified atom stereocenters. The number of benzene rings is 2. The first-order valence-corrected chi connectivity index (χ1v) is 7.73. The molecule has 17 heavy (non-hydrogen) atoms. The van der Waals surface area contributed by atoms with Gasteiger partial charge in [0.05, 0.1) is 0 Å². The van der Waals surface area contributed by atoms with Crippen molar-refractivity contribution < 1.29 is 0 Å². The number of rotatable bonds is 0. The number of halogens is 2. The molecule has 0 aliphatic heterocycles. The van der Waals surface area contributed by atoms with E-state index in [0.717, 1.165) is 8.95 Å². The molecule has 0 spiro atoms.